The summed E-state index contributed by atoms with van der Waals surface area (Å²) in [6, 6.07) is 16.9. The Morgan fingerprint density at radius 3 is 2.42 bits per heavy atom. The molecule has 15 nitrogen and oxygen atoms in total. The highest BCUT2D eigenvalue weighted by Gasteiger charge is 2.30. The summed E-state index contributed by atoms with van der Waals surface area (Å²) in [5.74, 6) is -3.54. The van der Waals surface area contributed by atoms with Crippen molar-refractivity contribution in [2.75, 3.05) is 36.5 Å². The van der Waals surface area contributed by atoms with E-state index in [0.717, 1.165) is 12.0 Å². The molecule has 1 saturated heterocycles. The topological polar surface area (TPSA) is 198 Å². The van der Waals surface area contributed by atoms with Crippen LogP contribution < -0.4 is 20.9 Å². The van der Waals surface area contributed by atoms with Gasteiger partial charge in [-0.15, -0.1) is 5.10 Å². The van der Waals surface area contributed by atoms with Crippen LogP contribution in [0, 0.1) is 5.92 Å². The number of amides is 4. The van der Waals surface area contributed by atoms with Gasteiger partial charge in [0, 0.05) is 55.3 Å². The van der Waals surface area contributed by atoms with Crippen LogP contribution in [-0.4, -0.2) is 87.3 Å². The number of carbonyl (C=O) groups excluding carboxylic acids is 4. The first-order chi connectivity index (χ1) is 25.3. The first-order valence-electron chi connectivity index (χ1n) is 17.1. The van der Waals surface area contributed by atoms with Gasteiger partial charge in [0.15, 0.2) is 0 Å². The van der Waals surface area contributed by atoms with Crippen molar-refractivity contribution in [1.29, 1.82) is 0 Å². The lowest BCUT2D eigenvalue weighted by Crippen LogP contribution is -2.52. The van der Waals surface area contributed by atoms with Crippen LogP contribution in [0.2, 0.25) is 5.02 Å². The van der Waals surface area contributed by atoms with Gasteiger partial charge in [0.05, 0.1) is 16.9 Å². The van der Waals surface area contributed by atoms with Crippen LogP contribution in [0.4, 0.5) is 11.4 Å². The molecule has 1 aromatic heterocycles. The molecule has 1 aliphatic rings. The molecule has 53 heavy (non-hydrogen) atoms. The highest BCUT2D eigenvalue weighted by atomic mass is 35.5. The first-order valence-corrected chi connectivity index (χ1v) is 17.5. The number of aromatic nitrogens is 4. The molecule has 16 heteroatoms. The number of anilines is 2. The van der Waals surface area contributed by atoms with Gasteiger partial charge < -0.3 is 30.7 Å². The predicted octanol–water partition coefficient (Wildman–Crippen LogP) is 3.55. The molecule has 0 bridgehead atoms. The lowest BCUT2D eigenvalue weighted by molar-refractivity contribution is -0.138. The Morgan fingerprint density at radius 1 is 1.04 bits per heavy atom. The van der Waals surface area contributed by atoms with Gasteiger partial charge in [-0.2, -0.15) is 4.68 Å². The summed E-state index contributed by atoms with van der Waals surface area (Å²) in [5, 5.41) is 28.6. The van der Waals surface area contributed by atoms with Gasteiger partial charge >= 0.3 is 17.8 Å². The lowest BCUT2D eigenvalue weighted by Gasteiger charge is -2.31. The molecule has 0 radical (unpaired) electrons. The molecule has 278 valence electrons. The quantitative estimate of drug-likeness (QED) is 0.139. The third-order valence-electron chi connectivity index (χ3n) is 9.02. The van der Waals surface area contributed by atoms with Crippen molar-refractivity contribution in [3.05, 3.63) is 94.8 Å². The molecule has 1 unspecified atom stereocenters. The minimum absolute atomic E-state index is 0.00684. The van der Waals surface area contributed by atoms with Crippen molar-refractivity contribution in [3.8, 4) is 5.69 Å². The van der Waals surface area contributed by atoms with Crippen molar-refractivity contribution in [2.24, 2.45) is 5.92 Å². The van der Waals surface area contributed by atoms with E-state index in [1.165, 1.54) is 29.2 Å². The molecule has 0 spiro atoms. The fourth-order valence-corrected chi connectivity index (χ4v) is 6.10. The van der Waals surface area contributed by atoms with Crippen molar-refractivity contribution in [2.45, 2.75) is 51.5 Å². The highest BCUT2D eigenvalue weighted by molar-refractivity contribution is 6.40. The number of rotatable bonds is 14. The van der Waals surface area contributed by atoms with Crippen molar-refractivity contribution < 1.29 is 33.8 Å². The number of carbonyl (C=O) groups is 5. The molecule has 0 saturated carbocycles. The number of tetrazole rings is 1. The fourth-order valence-electron chi connectivity index (χ4n) is 5.93. The van der Waals surface area contributed by atoms with Crippen molar-refractivity contribution >= 4 is 52.6 Å². The third-order valence-corrected chi connectivity index (χ3v) is 9.25. The Balaban J connectivity index is 1.31. The smallest absolute Gasteiger partial charge is 0.335 e. The number of carboxylic acids is 1. The summed E-state index contributed by atoms with van der Waals surface area (Å²) in [6.07, 6.45) is 2.55. The standard InChI is InChI=1S/C37H41ClN8O7/c1-4-53-20-24-15-16-45(32(47)18-24)28-12-5-23(6-13-28)17-30(33(48)39-21-37(2,3)26-9-7-25(8-10-26)36(51)52)42-35(50)34(49)41-29-19-27(38)11-14-31(29)46-22-40-43-44-46/h5-14,19,22,24,30H,4,15-18,20-21H2,1-3H3,(H,39,48)(H,41,49)(H,42,50)(H,51,52)/t24?,30-/m0/s1. The number of piperidine rings is 1. The summed E-state index contributed by atoms with van der Waals surface area (Å²) in [5.41, 5.74) is 2.20. The third kappa shape index (κ3) is 10.0. The Labute approximate surface area is 311 Å². The first kappa shape index (κ1) is 38.6. The van der Waals surface area contributed by atoms with Crippen molar-refractivity contribution in [3.63, 3.8) is 0 Å². The van der Waals surface area contributed by atoms with E-state index in [-0.39, 0.29) is 41.1 Å². The van der Waals surface area contributed by atoms with E-state index < -0.39 is 35.1 Å². The monoisotopic (exact) mass is 744 g/mol. The van der Waals surface area contributed by atoms with Gasteiger partial charge in [0.2, 0.25) is 11.8 Å². The molecule has 3 aromatic carbocycles. The summed E-state index contributed by atoms with van der Waals surface area (Å²) in [7, 11) is 0. The van der Waals surface area contributed by atoms with E-state index in [0.29, 0.717) is 43.1 Å². The van der Waals surface area contributed by atoms with Crippen LogP contribution >= 0.6 is 11.6 Å². The number of benzene rings is 3. The largest absolute Gasteiger partial charge is 0.478 e. The molecular formula is C37H41ClN8O7. The van der Waals surface area contributed by atoms with Crippen LogP contribution in [0.25, 0.3) is 5.69 Å². The molecule has 5 rings (SSSR count). The normalized spacial score (nSPS) is 15.1. The minimum Gasteiger partial charge on any atom is -0.478 e. The molecule has 2 heterocycles. The van der Waals surface area contributed by atoms with E-state index in [4.69, 9.17) is 16.3 Å². The molecule has 1 aliphatic heterocycles. The second kappa shape index (κ2) is 17.2. The average Bonchev–Trinajstić information content (AvgIpc) is 3.68. The SMILES string of the molecule is CCOCC1CCN(c2ccc(C[C@H](NC(=O)C(=O)Nc3cc(Cl)ccc3-n3cnnn3)C(=O)NCC(C)(C)c3ccc(C(=O)O)cc3)cc2)C(=O)C1. The second-order valence-corrected chi connectivity index (χ2v) is 13.8. The number of ether oxygens (including phenoxy) is 1. The Bertz CT molecular complexity index is 1940. The molecule has 4 aromatic rings. The maximum Gasteiger partial charge on any atom is 0.335 e. The van der Waals surface area contributed by atoms with E-state index in [9.17, 15) is 29.1 Å². The van der Waals surface area contributed by atoms with Crippen LogP contribution in [0.3, 0.4) is 0 Å². The zero-order valence-electron chi connectivity index (χ0n) is 29.5. The van der Waals surface area contributed by atoms with E-state index in [1.807, 2.05) is 20.8 Å². The predicted molar refractivity (Wildman–Crippen MR) is 196 cm³/mol. The highest BCUT2D eigenvalue weighted by Crippen LogP contribution is 2.27. The van der Waals surface area contributed by atoms with Gasteiger partial charge in [-0.25, -0.2) is 4.79 Å². The number of aromatic carboxylic acids is 1. The average molecular weight is 745 g/mol. The van der Waals surface area contributed by atoms with Gasteiger partial charge in [-0.3, -0.25) is 19.2 Å². The summed E-state index contributed by atoms with van der Waals surface area (Å²) < 4.78 is 6.80. The molecule has 0 aliphatic carbocycles. The molecule has 2 atom stereocenters. The fraction of sp³-hybridized carbons (Fsp3) is 0.351. The second-order valence-electron chi connectivity index (χ2n) is 13.3. The number of hydrogen-bond acceptors (Lipinski definition) is 9. The number of carboxylic acid groups (broad SMARTS) is 1. The van der Waals surface area contributed by atoms with Gasteiger partial charge in [-0.1, -0.05) is 49.7 Å². The molecule has 1 fully saturated rings. The van der Waals surface area contributed by atoms with E-state index >= 15 is 0 Å². The van der Waals surface area contributed by atoms with Gasteiger partial charge in [-0.05, 0) is 83.3 Å². The Hall–Kier alpha value is -5.67. The molecule has 4 N–H and O–H groups in total. The number of hydrogen-bond donors (Lipinski definition) is 4. The van der Waals surface area contributed by atoms with Crippen LogP contribution in [-0.2, 0) is 35.8 Å². The van der Waals surface area contributed by atoms with Crippen molar-refractivity contribution in [1.82, 2.24) is 30.8 Å². The maximum absolute atomic E-state index is 13.8. The van der Waals surface area contributed by atoms with E-state index in [2.05, 4.69) is 31.5 Å². The maximum atomic E-state index is 13.8. The van der Waals surface area contributed by atoms with Gasteiger partial charge in [0.1, 0.15) is 12.4 Å². The molecular weight excluding hydrogens is 704 g/mol. The van der Waals surface area contributed by atoms with Gasteiger partial charge in [0.25, 0.3) is 0 Å². The summed E-state index contributed by atoms with van der Waals surface area (Å²) in [6.45, 7) is 7.54. The molecule has 4 amide bonds. The Morgan fingerprint density at radius 2 is 1.77 bits per heavy atom. The summed E-state index contributed by atoms with van der Waals surface area (Å²) >= 11 is 6.17. The number of nitrogens with zero attached hydrogens (tertiary/aromatic N) is 5. The van der Waals surface area contributed by atoms with Crippen LogP contribution in [0.1, 0.15) is 55.1 Å². The number of nitrogens with one attached hydrogen (secondary N) is 3. The summed E-state index contributed by atoms with van der Waals surface area (Å²) in [4.78, 5) is 66.3. The van der Waals surface area contributed by atoms with Crippen LogP contribution in [0.15, 0.2) is 73.1 Å². The van der Waals surface area contributed by atoms with Crippen LogP contribution in [0.5, 0.6) is 0 Å². The minimum atomic E-state index is -1.18. The number of halogens is 1. The Kier molecular flexibility index (Phi) is 12.5. The zero-order chi connectivity index (χ0) is 38.1. The van der Waals surface area contributed by atoms with E-state index in [1.54, 1.807) is 53.4 Å². The lowest BCUT2D eigenvalue weighted by atomic mass is 9.84. The zero-order valence-corrected chi connectivity index (χ0v) is 30.3.